The molecule has 6 nitrogen and oxygen atoms in total. The molecular formula is C20H23N3O3. The van der Waals surface area contributed by atoms with Crippen molar-refractivity contribution in [2.75, 3.05) is 6.54 Å². The molecule has 0 atom stereocenters. The third-order valence-corrected chi connectivity index (χ3v) is 4.82. The zero-order chi connectivity index (χ0) is 18.3. The summed E-state index contributed by atoms with van der Waals surface area (Å²) in [5.74, 6) is 1.19. The molecule has 0 N–H and O–H groups in total. The van der Waals surface area contributed by atoms with Gasteiger partial charge in [0.05, 0.1) is 22.9 Å². The van der Waals surface area contributed by atoms with Gasteiger partial charge in [0.2, 0.25) is 0 Å². The lowest BCUT2D eigenvalue weighted by atomic mass is 10.1. The van der Waals surface area contributed by atoms with Crippen LogP contribution in [0.25, 0.3) is 22.6 Å². The number of carbonyl (C=O) groups excluding carboxylic acids is 1. The Balaban J connectivity index is 1.78. The van der Waals surface area contributed by atoms with Crippen LogP contribution in [0.3, 0.4) is 0 Å². The Labute approximate surface area is 152 Å². The molecular weight excluding hydrogens is 330 g/mol. The van der Waals surface area contributed by atoms with Crippen LogP contribution in [0.4, 0.5) is 0 Å². The number of aromatic nitrogens is 2. The largest absolute Gasteiger partial charge is 0.463 e. The van der Waals surface area contributed by atoms with Crippen molar-refractivity contribution in [2.45, 2.75) is 46.1 Å². The lowest BCUT2D eigenvalue weighted by Gasteiger charge is -2.24. The van der Waals surface area contributed by atoms with Crippen LogP contribution >= 0.6 is 0 Å². The Morgan fingerprint density at radius 1 is 1.38 bits per heavy atom. The number of rotatable bonds is 6. The first-order valence-corrected chi connectivity index (χ1v) is 9.16. The standard InChI is InChI=1S/C20H23N3O3/c1-12(2)8-9-23(14-6-7-14)20(24)15-11-16(17-5-4-10-25-17)21-19-18(15)13(3)22-26-19/h4-5,10-12,14H,6-9H2,1-3H3. The van der Waals surface area contributed by atoms with E-state index in [2.05, 4.69) is 24.0 Å². The SMILES string of the molecule is Cc1noc2nc(-c3ccco3)cc(C(=O)N(CCC(C)C)C3CC3)c12. The van der Waals surface area contributed by atoms with E-state index in [4.69, 9.17) is 8.94 Å². The van der Waals surface area contributed by atoms with Gasteiger partial charge < -0.3 is 13.8 Å². The summed E-state index contributed by atoms with van der Waals surface area (Å²) in [6.07, 6.45) is 4.73. The van der Waals surface area contributed by atoms with Crippen molar-refractivity contribution in [3.63, 3.8) is 0 Å². The highest BCUT2D eigenvalue weighted by atomic mass is 16.5. The maximum atomic E-state index is 13.4. The number of nitrogens with zero attached hydrogens (tertiary/aromatic N) is 3. The van der Waals surface area contributed by atoms with Crippen LogP contribution < -0.4 is 0 Å². The quantitative estimate of drug-likeness (QED) is 0.655. The van der Waals surface area contributed by atoms with Gasteiger partial charge in [0.15, 0.2) is 5.76 Å². The van der Waals surface area contributed by atoms with E-state index in [1.807, 2.05) is 17.9 Å². The predicted molar refractivity (Wildman–Crippen MR) is 97.8 cm³/mol. The van der Waals surface area contributed by atoms with Gasteiger partial charge in [-0.15, -0.1) is 0 Å². The number of aryl methyl sites for hydroxylation is 1. The second-order valence-corrected chi connectivity index (χ2v) is 7.39. The van der Waals surface area contributed by atoms with Gasteiger partial charge in [-0.2, -0.15) is 0 Å². The molecule has 3 aromatic rings. The van der Waals surface area contributed by atoms with Crippen molar-refractivity contribution < 1.29 is 13.7 Å². The van der Waals surface area contributed by atoms with E-state index in [0.717, 1.165) is 25.8 Å². The monoisotopic (exact) mass is 353 g/mol. The molecule has 0 saturated heterocycles. The van der Waals surface area contributed by atoms with Crippen LogP contribution in [0.5, 0.6) is 0 Å². The molecule has 0 unspecified atom stereocenters. The van der Waals surface area contributed by atoms with Crippen molar-refractivity contribution in [2.24, 2.45) is 5.92 Å². The van der Waals surface area contributed by atoms with Gasteiger partial charge in [-0.25, -0.2) is 4.98 Å². The van der Waals surface area contributed by atoms with Crippen LogP contribution in [-0.4, -0.2) is 33.5 Å². The van der Waals surface area contributed by atoms with Crippen LogP contribution in [0.1, 0.15) is 49.2 Å². The maximum Gasteiger partial charge on any atom is 0.259 e. The second-order valence-electron chi connectivity index (χ2n) is 7.39. The first kappa shape index (κ1) is 16.8. The van der Waals surface area contributed by atoms with Crippen molar-refractivity contribution in [1.82, 2.24) is 15.0 Å². The minimum atomic E-state index is 0.0275. The summed E-state index contributed by atoms with van der Waals surface area (Å²) in [5, 5.41) is 4.71. The number of fused-ring (bicyclic) bond motifs is 1. The molecule has 0 aliphatic heterocycles. The first-order chi connectivity index (χ1) is 12.5. The molecule has 1 saturated carbocycles. The van der Waals surface area contributed by atoms with Gasteiger partial charge in [0, 0.05) is 12.6 Å². The van der Waals surface area contributed by atoms with Crippen molar-refractivity contribution in [3.05, 3.63) is 35.7 Å². The van der Waals surface area contributed by atoms with Gasteiger partial charge in [0.1, 0.15) is 5.69 Å². The van der Waals surface area contributed by atoms with Crippen molar-refractivity contribution >= 4 is 17.0 Å². The average molecular weight is 353 g/mol. The normalized spacial score (nSPS) is 14.3. The number of furan rings is 1. The Bertz CT molecular complexity index is 923. The van der Waals surface area contributed by atoms with Crippen LogP contribution in [0, 0.1) is 12.8 Å². The maximum absolute atomic E-state index is 13.4. The van der Waals surface area contributed by atoms with Crippen LogP contribution in [0.2, 0.25) is 0 Å². The lowest BCUT2D eigenvalue weighted by molar-refractivity contribution is 0.0737. The molecule has 3 heterocycles. The first-order valence-electron chi connectivity index (χ1n) is 9.16. The Kier molecular flexibility index (Phi) is 4.26. The summed E-state index contributed by atoms with van der Waals surface area (Å²) in [4.78, 5) is 19.9. The second kappa shape index (κ2) is 6.59. The summed E-state index contributed by atoms with van der Waals surface area (Å²) < 4.78 is 10.8. The molecule has 1 aliphatic carbocycles. The highest BCUT2D eigenvalue weighted by molar-refractivity contribution is 6.07. The van der Waals surface area contributed by atoms with Gasteiger partial charge in [0.25, 0.3) is 11.6 Å². The number of carbonyl (C=O) groups is 1. The summed E-state index contributed by atoms with van der Waals surface area (Å²) in [7, 11) is 0. The van der Waals surface area contributed by atoms with Crippen molar-refractivity contribution in [3.8, 4) is 11.5 Å². The molecule has 1 aliphatic rings. The van der Waals surface area contributed by atoms with Gasteiger partial charge in [-0.1, -0.05) is 19.0 Å². The molecule has 0 aromatic carbocycles. The predicted octanol–water partition coefficient (Wildman–Crippen LogP) is 4.44. The fourth-order valence-corrected chi connectivity index (χ4v) is 3.20. The number of hydrogen-bond acceptors (Lipinski definition) is 5. The molecule has 3 aromatic heterocycles. The summed E-state index contributed by atoms with van der Waals surface area (Å²) in [6, 6.07) is 5.77. The zero-order valence-corrected chi connectivity index (χ0v) is 15.4. The molecule has 136 valence electrons. The molecule has 6 heteroatoms. The highest BCUT2D eigenvalue weighted by Gasteiger charge is 2.34. The van der Waals surface area contributed by atoms with E-state index >= 15 is 0 Å². The molecule has 26 heavy (non-hydrogen) atoms. The third-order valence-electron chi connectivity index (χ3n) is 4.82. The van der Waals surface area contributed by atoms with Crippen LogP contribution in [-0.2, 0) is 0 Å². The Hall–Kier alpha value is -2.63. The number of amides is 1. The Morgan fingerprint density at radius 3 is 2.85 bits per heavy atom. The van der Waals surface area contributed by atoms with E-state index < -0.39 is 0 Å². The molecule has 1 fully saturated rings. The fourth-order valence-electron chi connectivity index (χ4n) is 3.20. The minimum Gasteiger partial charge on any atom is -0.463 e. The summed E-state index contributed by atoms with van der Waals surface area (Å²) in [6.45, 7) is 6.97. The minimum absolute atomic E-state index is 0.0275. The Morgan fingerprint density at radius 2 is 2.19 bits per heavy atom. The van der Waals surface area contributed by atoms with E-state index in [9.17, 15) is 4.79 Å². The van der Waals surface area contributed by atoms with E-state index in [-0.39, 0.29) is 5.91 Å². The van der Waals surface area contributed by atoms with E-state index in [0.29, 0.717) is 45.8 Å². The third kappa shape index (κ3) is 3.11. The average Bonchev–Trinajstić information content (AvgIpc) is 3.16. The van der Waals surface area contributed by atoms with Gasteiger partial charge in [-0.05, 0) is 50.3 Å². The highest BCUT2D eigenvalue weighted by Crippen LogP contribution is 2.33. The van der Waals surface area contributed by atoms with Gasteiger partial charge in [-0.3, -0.25) is 4.79 Å². The molecule has 0 spiro atoms. The summed E-state index contributed by atoms with van der Waals surface area (Å²) >= 11 is 0. The molecule has 4 rings (SSSR count). The number of hydrogen-bond donors (Lipinski definition) is 0. The topological polar surface area (TPSA) is 72.4 Å². The smallest absolute Gasteiger partial charge is 0.259 e. The van der Waals surface area contributed by atoms with Gasteiger partial charge >= 0.3 is 0 Å². The van der Waals surface area contributed by atoms with E-state index in [1.165, 1.54) is 0 Å². The lowest BCUT2D eigenvalue weighted by Crippen LogP contribution is -2.34. The molecule has 0 radical (unpaired) electrons. The fraction of sp³-hybridized carbons (Fsp3) is 0.450. The zero-order valence-electron chi connectivity index (χ0n) is 15.4. The molecule has 1 amide bonds. The molecule has 0 bridgehead atoms. The van der Waals surface area contributed by atoms with Crippen molar-refractivity contribution in [1.29, 1.82) is 0 Å². The van der Waals surface area contributed by atoms with E-state index in [1.54, 1.807) is 18.4 Å². The summed E-state index contributed by atoms with van der Waals surface area (Å²) in [5.41, 5.74) is 2.23. The van der Waals surface area contributed by atoms with Crippen LogP contribution in [0.15, 0.2) is 33.4 Å². The number of pyridine rings is 1.